The van der Waals surface area contributed by atoms with Crippen LogP contribution in [0.1, 0.15) is 37.8 Å². The van der Waals surface area contributed by atoms with Crippen LogP contribution in [-0.2, 0) is 0 Å². The summed E-state index contributed by atoms with van der Waals surface area (Å²) in [6, 6.07) is 9.20. The Morgan fingerprint density at radius 3 is 2.72 bits per heavy atom. The van der Waals surface area contributed by atoms with Crippen LogP contribution in [0.25, 0.3) is 0 Å². The molecule has 0 saturated carbocycles. The van der Waals surface area contributed by atoms with E-state index in [9.17, 15) is 0 Å². The van der Waals surface area contributed by atoms with Crippen LogP contribution in [0.15, 0.2) is 24.3 Å². The van der Waals surface area contributed by atoms with E-state index in [1.165, 1.54) is 31.4 Å². The van der Waals surface area contributed by atoms with E-state index in [-0.39, 0.29) is 0 Å². The van der Waals surface area contributed by atoms with Crippen molar-refractivity contribution in [3.8, 4) is 0 Å². The molecule has 1 aliphatic heterocycles. The summed E-state index contributed by atoms with van der Waals surface area (Å²) in [5, 5.41) is 4.44. The van der Waals surface area contributed by atoms with Crippen LogP contribution >= 0.6 is 11.6 Å². The van der Waals surface area contributed by atoms with Gasteiger partial charge in [-0.05, 0) is 51.1 Å². The lowest BCUT2D eigenvalue weighted by Crippen LogP contribution is -2.43. The standard InChI is InChI=1S/C15H23ClN2/c1-12(13-6-8-14(16)9-7-13)17-11-15-5-3-4-10-18(15)2/h6-9,12,15,17H,3-5,10-11H2,1-2H3/t12-,15?/m1/s1. The molecule has 2 atom stereocenters. The van der Waals surface area contributed by atoms with Crippen molar-refractivity contribution in [3.05, 3.63) is 34.9 Å². The summed E-state index contributed by atoms with van der Waals surface area (Å²) in [7, 11) is 2.23. The second kappa shape index (κ2) is 6.55. The van der Waals surface area contributed by atoms with Gasteiger partial charge in [0.25, 0.3) is 0 Å². The fourth-order valence-electron chi connectivity index (χ4n) is 2.58. The van der Waals surface area contributed by atoms with Crippen LogP contribution in [0.3, 0.4) is 0 Å². The maximum Gasteiger partial charge on any atom is 0.0406 e. The SMILES string of the molecule is C[C@@H](NCC1CCCCN1C)c1ccc(Cl)cc1. The molecule has 1 aromatic rings. The van der Waals surface area contributed by atoms with Crippen molar-refractivity contribution in [3.63, 3.8) is 0 Å². The van der Waals surface area contributed by atoms with Crippen LogP contribution in [0, 0.1) is 0 Å². The van der Waals surface area contributed by atoms with E-state index in [1.807, 2.05) is 12.1 Å². The lowest BCUT2D eigenvalue weighted by Gasteiger charge is -2.33. The number of hydrogen-bond donors (Lipinski definition) is 1. The van der Waals surface area contributed by atoms with Crippen molar-refractivity contribution < 1.29 is 0 Å². The Kier molecular flexibility index (Phi) is 5.04. The highest BCUT2D eigenvalue weighted by Crippen LogP contribution is 2.18. The molecule has 18 heavy (non-hydrogen) atoms. The minimum atomic E-state index is 0.387. The Hall–Kier alpha value is -0.570. The van der Waals surface area contributed by atoms with Crippen LogP contribution in [0.2, 0.25) is 5.02 Å². The van der Waals surface area contributed by atoms with Gasteiger partial charge >= 0.3 is 0 Å². The molecule has 3 heteroatoms. The van der Waals surface area contributed by atoms with E-state index < -0.39 is 0 Å². The molecule has 1 unspecified atom stereocenters. The van der Waals surface area contributed by atoms with Crippen molar-refractivity contribution in [2.45, 2.75) is 38.3 Å². The number of piperidine rings is 1. The summed E-state index contributed by atoms with van der Waals surface area (Å²) < 4.78 is 0. The Labute approximate surface area is 115 Å². The third-order valence-electron chi connectivity index (χ3n) is 3.95. The number of halogens is 1. The maximum atomic E-state index is 5.91. The zero-order valence-corrected chi connectivity index (χ0v) is 12.1. The zero-order chi connectivity index (χ0) is 13.0. The molecule has 100 valence electrons. The molecule has 1 N–H and O–H groups in total. The number of likely N-dealkylation sites (N-methyl/N-ethyl adjacent to an activating group) is 1. The summed E-state index contributed by atoms with van der Waals surface area (Å²) in [5.41, 5.74) is 1.30. The van der Waals surface area contributed by atoms with Gasteiger partial charge in [-0.25, -0.2) is 0 Å². The van der Waals surface area contributed by atoms with Gasteiger partial charge in [-0.1, -0.05) is 30.2 Å². The monoisotopic (exact) mass is 266 g/mol. The molecule has 0 amide bonds. The predicted molar refractivity (Wildman–Crippen MR) is 78.1 cm³/mol. The van der Waals surface area contributed by atoms with Crippen LogP contribution < -0.4 is 5.32 Å². The number of rotatable bonds is 4. The van der Waals surface area contributed by atoms with Gasteiger partial charge in [-0.2, -0.15) is 0 Å². The third kappa shape index (κ3) is 3.71. The highest BCUT2D eigenvalue weighted by Gasteiger charge is 2.19. The van der Waals surface area contributed by atoms with Gasteiger partial charge in [0.1, 0.15) is 0 Å². The predicted octanol–water partition coefficient (Wildman–Crippen LogP) is 3.47. The smallest absolute Gasteiger partial charge is 0.0406 e. The first-order valence-corrected chi connectivity index (χ1v) is 7.23. The lowest BCUT2D eigenvalue weighted by molar-refractivity contribution is 0.178. The van der Waals surface area contributed by atoms with E-state index >= 15 is 0 Å². The van der Waals surface area contributed by atoms with Crippen molar-refractivity contribution >= 4 is 11.6 Å². The summed E-state index contributed by atoms with van der Waals surface area (Å²) >= 11 is 5.91. The molecule has 0 aliphatic carbocycles. The quantitative estimate of drug-likeness (QED) is 0.898. The highest BCUT2D eigenvalue weighted by molar-refractivity contribution is 6.30. The molecule has 2 rings (SSSR count). The Morgan fingerprint density at radius 2 is 2.06 bits per heavy atom. The second-order valence-electron chi connectivity index (χ2n) is 5.31. The summed E-state index contributed by atoms with van der Waals surface area (Å²) in [4.78, 5) is 2.48. The summed E-state index contributed by atoms with van der Waals surface area (Å²) in [5.74, 6) is 0. The Morgan fingerprint density at radius 1 is 1.33 bits per heavy atom. The fraction of sp³-hybridized carbons (Fsp3) is 0.600. The average Bonchev–Trinajstić information content (AvgIpc) is 2.38. The molecule has 2 nitrogen and oxygen atoms in total. The topological polar surface area (TPSA) is 15.3 Å². The number of nitrogens with one attached hydrogen (secondary N) is 1. The van der Waals surface area contributed by atoms with Crippen molar-refractivity contribution in [2.24, 2.45) is 0 Å². The summed E-state index contributed by atoms with van der Waals surface area (Å²) in [6.45, 7) is 4.52. The molecule has 1 aliphatic rings. The van der Waals surface area contributed by atoms with Gasteiger partial charge in [0.05, 0.1) is 0 Å². The second-order valence-corrected chi connectivity index (χ2v) is 5.75. The first-order chi connectivity index (χ1) is 8.66. The third-order valence-corrected chi connectivity index (χ3v) is 4.20. The number of benzene rings is 1. The number of nitrogens with zero attached hydrogens (tertiary/aromatic N) is 1. The van der Waals surface area contributed by atoms with E-state index in [4.69, 9.17) is 11.6 Å². The maximum absolute atomic E-state index is 5.91. The van der Waals surface area contributed by atoms with Gasteiger partial charge < -0.3 is 10.2 Å². The first-order valence-electron chi connectivity index (χ1n) is 6.86. The van der Waals surface area contributed by atoms with Crippen LogP contribution in [0.4, 0.5) is 0 Å². The minimum Gasteiger partial charge on any atom is -0.309 e. The first kappa shape index (κ1) is 13.9. The number of likely N-dealkylation sites (tertiary alicyclic amines) is 1. The van der Waals surface area contributed by atoms with Gasteiger partial charge in [0.2, 0.25) is 0 Å². The van der Waals surface area contributed by atoms with E-state index in [1.54, 1.807) is 0 Å². The minimum absolute atomic E-state index is 0.387. The fourth-order valence-corrected chi connectivity index (χ4v) is 2.71. The lowest BCUT2D eigenvalue weighted by atomic mass is 10.0. The molecule has 0 radical (unpaired) electrons. The largest absolute Gasteiger partial charge is 0.309 e. The molecule has 1 fully saturated rings. The van der Waals surface area contributed by atoms with E-state index in [0.29, 0.717) is 12.1 Å². The van der Waals surface area contributed by atoms with Crippen molar-refractivity contribution in [2.75, 3.05) is 20.1 Å². The van der Waals surface area contributed by atoms with E-state index in [2.05, 4.69) is 36.3 Å². The van der Waals surface area contributed by atoms with Crippen molar-refractivity contribution in [1.29, 1.82) is 0 Å². The molecule has 0 bridgehead atoms. The molecular weight excluding hydrogens is 244 g/mol. The van der Waals surface area contributed by atoms with E-state index in [0.717, 1.165) is 11.6 Å². The average molecular weight is 267 g/mol. The Balaban J connectivity index is 1.83. The number of hydrogen-bond acceptors (Lipinski definition) is 2. The summed E-state index contributed by atoms with van der Waals surface area (Å²) in [6.07, 6.45) is 4.03. The van der Waals surface area contributed by atoms with Gasteiger partial charge in [-0.3, -0.25) is 0 Å². The van der Waals surface area contributed by atoms with Gasteiger partial charge in [0.15, 0.2) is 0 Å². The van der Waals surface area contributed by atoms with Gasteiger partial charge in [0, 0.05) is 23.7 Å². The van der Waals surface area contributed by atoms with Crippen LogP contribution in [0.5, 0.6) is 0 Å². The molecule has 0 aromatic heterocycles. The highest BCUT2D eigenvalue weighted by atomic mass is 35.5. The zero-order valence-electron chi connectivity index (χ0n) is 11.3. The molecule has 1 aromatic carbocycles. The molecule has 0 spiro atoms. The van der Waals surface area contributed by atoms with Gasteiger partial charge in [-0.15, -0.1) is 0 Å². The van der Waals surface area contributed by atoms with Crippen LogP contribution in [-0.4, -0.2) is 31.1 Å². The van der Waals surface area contributed by atoms with Crippen molar-refractivity contribution in [1.82, 2.24) is 10.2 Å². The Bertz CT molecular complexity index is 363. The molecule has 1 heterocycles. The normalized spacial score (nSPS) is 22.9. The molecular formula is C15H23ClN2. The molecule has 1 saturated heterocycles.